The van der Waals surface area contributed by atoms with E-state index in [2.05, 4.69) is 15.2 Å². The third-order valence-electron chi connectivity index (χ3n) is 5.46. The van der Waals surface area contributed by atoms with Crippen LogP contribution in [-0.2, 0) is 10.0 Å². The number of piperazine rings is 2. The van der Waals surface area contributed by atoms with E-state index in [1.807, 2.05) is 0 Å². The average molecular weight is 421 g/mol. The number of pyridine rings is 1. The normalized spacial score (nSPS) is 19.0. The van der Waals surface area contributed by atoms with E-state index in [-0.39, 0.29) is 24.8 Å². The second-order valence-electron chi connectivity index (χ2n) is 7.37. The van der Waals surface area contributed by atoms with Crippen LogP contribution in [0, 0.1) is 5.82 Å². The van der Waals surface area contributed by atoms with Gasteiger partial charge in [0.25, 0.3) is 5.91 Å². The number of hydrogen-bond donors (Lipinski definition) is 1. The molecular weight excluding hydrogens is 397 g/mol. The zero-order chi connectivity index (χ0) is 20.6. The molecule has 3 heterocycles. The molecule has 10 heteroatoms. The molecule has 1 aromatic heterocycles. The molecule has 2 aliphatic rings. The van der Waals surface area contributed by atoms with Crippen molar-refractivity contribution in [2.75, 3.05) is 63.5 Å². The van der Waals surface area contributed by atoms with Crippen molar-refractivity contribution in [1.29, 1.82) is 0 Å². The van der Waals surface area contributed by atoms with E-state index in [9.17, 15) is 17.6 Å². The zero-order valence-corrected chi connectivity index (χ0v) is 17.1. The van der Waals surface area contributed by atoms with E-state index in [0.29, 0.717) is 48.3 Å². The van der Waals surface area contributed by atoms with Crippen LogP contribution in [-0.4, -0.2) is 87.1 Å². The molecule has 1 amide bonds. The van der Waals surface area contributed by atoms with Crippen LogP contribution < -0.4 is 10.2 Å². The maximum absolute atomic E-state index is 14.0. The fourth-order valence-electron chi connectivity index (χ4n) is 3.93. The summed E-state index contributed by atoms with van der Waals surface area (Å²) in [4.78, 5) is 21.5. The lowest BCUT2D eigenvalue weighted by molar-refractivity contribution is 0.0698. The van der Waals surface area contributed by atoms with Crippen molar-refractivity contribution in [3.8, 4) is 0 Å². The van der Waals surface area contributed by atoms with Gasteiger partial charge in [-0.25, -0.2) is 12.8 Å². The number of hydrogen-bond acceptors (Lipinski definition) is 6. The molecule has 2 aromatic rings. The number of rotatable bonds is 3. The van der Waals surface area contributed by atoms with E-state index >= 15 is 0 Å². The minimum Gasteiger partial charge on any atom is -0.368 e. The van der Waals surface area contributed by atoms with Crippen LogP contribution in [0.15, 0.2) is 24.4 Å². The third-order valence-corrected chi connectivity index (χ3v) is 6.76. The fraction of sp³-hybridized carbons (Fsp3) is 0.474. The lowest BCUT2D eigenvalue weighted by Crippen LogP contribution is -2.50. The fourth-order valence-corrected chi connectivity index (χ4v) is 4.76. The van der Waals surface area contributed by atoms with Gasteiger partial charge >= 0.3 is 0 Å². The summed E-state index contributed by atoms with van der Waals surface area (Å²) in [5.74, 6) is -0.576. The number of carbonyl (C=O) groups is 1. The molecule has 4 rings (SSSR count). The first-order valence-corrected chi connectivity index (χ1v) is 11.5. The van der Waals surface area contributed by atoms with Crippen LogP contribution >= 0.6 is 0 Å². The molecule has 0 spiro atoms. The van der Waals surface area contributed by atoms with Gasteiger partial charge in [-0.15, -0.1) is 0 Å². The van der Waals surface area contributed by atoms with E-state index in [4.69, 9.17) is 0 Å². The Labute approximate surface area is 169 Å². The number of halogens is 1. The largest absolute Gasteiger partial charge is 0.368 e. The summed E-state index contributed by atoms with van der Waals surface area (Å²) in [6, 6.07) is 4.41. The molecule has 2 aliphatic heterocycles. The lowest BCUT2D eigenvalue weighted by atomic mass is 10.1. The quantitative estimate of drug-likeness (QED) is 0.777. The number of fused-ring (bicyclic) bond motifs is 1. The number of nitrogens with one attached hydrogen (secondary N) is 1. The van der Waals surface area contributed by atoms with Gasteiger partial charge in [0.1, 0.15) is 5.82 Å². The maximum atomic E-state index is 14.0. The van der Waals surface area contributed by atoms with Crippen molar-refractivity contribution in [2.24, 2.45) is 0 Å². The molecule has 1 N–H and O–H groups in total. The van der Waals surface area contributed by atoms with Gasteiger partial charge in [0.15, 0.2) is 0 Å². The Hall–Kier alpha value is -2.30. The molecule has 0 unspecified atom stereocenters. The molecule has 0 aliphatic carbocycles. The Morgan fingerprint density at radius 1 is 1.10 bits per heavy atom. The smallest absolute Gasteiger partial charge is 0.257 e. The van der Waals surface area contributed by atoms with E-state index < -0.39 is 10.0 Å². The Morgan fingerprint density at radius 3 is 2.45 bits per heavy atom. The molecule has 0 saturated carbocycles. The van der Waals surface area contributed by atoms with E-state index in [1.54, 1.807) is 17.2 Å². The number of nitrogens with zero attached hydrogens (tertiary/aromatic N) is 4. The third kappa shape index (κ3) is 4.05. The summed E-state index contributed by atoms with van der Waals surface area (Å²) in [5.41, 5.74) is 1.77. The highest BCUT2D eigenvalue weighted by Crippen LogP contribution is 2.31. The van der Waals surface area contributed by atoms with Crippen molar-refractivity contribution in [3.05, 3.63) is 35.8 Å². The summed E-state index contributed by atoms with van der Waals surface area (Å²) < 4.78 is 38.9. The van der Waals surface area contributed by atoms with Crippen molar-refractivity contribution in [2.45, 2.75) is 0 Å². The standard InChI is InChI=1S/C19H24FN5O3S/c1-29(27,28)25-10-8-24(9-11-25)19(26)16-13-22-17-3-2-14(20)12-15(17)18(16)23-6-4-21-5-7-23/h2-3,12-13,21H,4-11H2,1H3. The molecule has 2 saturated heterocycles. The number of anilines is 1. The van der Waals surface area contributed by atoms with Crippen LogP contribution in [0.2, 0.25) is 0 Å². The highest BCUT2D eigenvalue weighted by molar-refractivity contribution is 7.88. The van der Waals surface area contributed by atoms with Gasteiger partial charge in [0, 0.05) is 63.9 Å². The van der Waals surface area contributed by atoms with Crippen molar-refractivity contribution >= 4 is 32.5 Å². The van der Waals surface area contributed by atoms with Gasteiger partial charge in [-0.2, -0.15) is 4.31 Å². The topological polar surface area (TPSA) is 85.9 Å². The molecule has 8 nitrogen and oxygen atoms in total. The van der Waals surface area contributed by atoms with Gasteiger partial charge < -0.3 is 15.1 Å². The number of carbonyl (C=O) groups excluding carboxylic acids is 1. The number of sulfonamides is 1. The second kappa shape index (κ2) is 7.85. The van der Waals surface area contributed by atoms with Crippen LogP contribution in [0.25, 0.3) is 10.9 Å². The molecule has 0 atom stereocenters. The van der Waals surface area contributed by atoms with Crippen LogP contribution in [0.5, 0.6) is 0 Å². The minimum atomic E-state index is -3.27. The summed E-state index contributed by atoms with van der Waals surface area (Å²) in [5, 5.41) is 3.90. The highest BCUT2D eigenvalue weighted by Gasteiger charge is 2.30. The van der Waals surface area contributed by atoms with Gasteiger partial charge in [0.05, 0.1) is 23.0 Å². The predicted molar refractivity (Wildman–Crippen MR) is 109 cm³/mol. The predicted octanol–water partition coefficient (Wildman–Crippen LogP) is 0.501. The monoisotopic (exact) mass is 421 g/mol. The molecule has 2 fully saturated rings. The Kier molecular flexibility index (Phi) is 5.41. The summed E-state index contributed by atoms with van der Waals surface area (Å²) in [7, 11) is -3.27. The Balaban J connectivity index is 1.70. The molecular formula is C19H24FN5O3S. The summed E-state index contributed by atoms with van der Waals surface area (Å²) in [6.45, 7) is 4.13. The van der Waals surface area contributed by atoms with E-state index in [0.717, 1.165) is 13.1 Å². The number of benzene rings is 1. The van der Waals surface area contributed by atoms with Gasteiger partial charge in [0.2, 0.25) is 10.0 Å². The maximum Gasteiger partial charge on any atom is 0.257 e. The van der Waals surface area contributed by atoms with Crippen LogP contribution in [0.3, 0.4) is 0 Å². The lowest BCUT2D eigenvalue weighted by Gasteiger charge is -2.35. The van der Waals surface area contributed by atoms with Gasteiger partial charge in [-0.1, -0.05) is 0 Å². The summed E-state index contributed by atoms with van der Waals surface area (Å²) >= 11 is 0. The first-order valence-electron chi connectivity index (χ1n) is 9.63. The number of aromatic nitrogens is 1. The van der Waals surface area contributed by atoms with Crippen LogP contribution in [0.4, 0.5) is 10.1 Å². The van der Waals surface area contributed by atoms with Crippen molar-refractivity contribution in [3.63, 3.8) is 0 Å². The van der Waals surface area contributed by atoms with Crippen LogP contribution in [0.1, 0.15) is 10.4 Å². The second-order valence-corrected chi connectivity index (χ2v) is 9.36. The first kappa shape index (κ1) is 20.0. The SMILES string of the molecule is CS(=O)(=O)N1CCN(C(=O)c2cnc3ccc(F)cc3c2N2CCNCC2)CC1. The number of amides is 1. The molecule has 0 radical (unpaired) electrons. The molecule has 29 heavy (non-hydrogen) atoms. The average Bonchev–Trinajstić information content (AvgIpc) is 2.72. The van der Waals surface area contributed by atoms with Crippen molar-refractivity contribution in [1.82, 2.24) is 19.5 Å². The van der Waals surface area contributed by atoms with E-state index in [1.165, 1.54) is 22.7 Å². The van der Waals surface area contributed by atoms with Crippen molar-refractivity contribution < 1.29 is 17.6 Å². The first-order chi connectivity index (χ1) is 13.8. The Bertz CT molecular complexity index is 1030. The molecule has 1 aromatic carbocycles. The Morgan fingerprint density at radius 2 is 1.79 bits per heavy atom. The highest BCUT2D eigenvalue weighted by atomic mass is 32.2. The molecule has 156 valence electrons. The van der Waals surface area contributed by atoms with Gasteiger partial charge in [-0.05, 0) is 18.2 Å². The molecule has 0 bridgehead atoms. The minimum absolute atomic E-state index is 0.203. The zero-order valence-electron chi connectivity index (χ0n) is 16.3. The summed E-state index contributed by atoms with van der Waals surface area (Å²) in [6.07, 6.45) is 2.73. The van der Waals surface area contributed by atoms with Gasteiger partial charge in [-0.3, -0.25) is 9.78 Å².